The summed E-state index contributed by atoms with van der Waals surface area (Å²) >= 11 is 0. The third kappa shape index (κ3) is 3.37. The van der Waals surface area contributed by atoms with E-state index in [-0.39, 0.29) is 0 Å². The maximum absolute atomic E-state index is 5.83. The molecule has 0 saturated heterocycles. The first-order valence-corrected chi connectivity index (χ1v) is 7.53. The van der Waals surface area contributed by atoms with Gasteiger partial charge >= 0.3 is 0 Å². The Kier molecular flexibility index (Phi) is 4.41. The molecular weight excluding hydrogens is 262 g/mol. The molecule has 0 aromatic heterocycles. The first kappa shape index (κ1) is 14.0. The molecule has 1 N–H and O–H groups in total. The minimum atomic E-state index is 0.309. The average Bonchev–Trinajstić information content (AvgIpc) is 2.91. The van der Waals surface area contributed by atoms with Gasteiger partial charge in [-0.25, -0.2) is 0 Å². The number of likely N-dealkylation sites (N-methyl/N-ethyl adjacent to an activating group) is 1. The molecule has 1 aliphatic heterocycles. The van der Waals surface area contributed by atoms with E-state index < -0.39 is 0 Å². The quantitative estimate of drug-likeness (QED) is 0.882. The number of fused-ring (bicyclic) bond motifs is 1. The summed E-state index contributed by atoms with van der Waals surface area (Å²) < 4.78 is 11.6. The maximum atomic E-state index is 5.83. The Bertz CT molecular complexity index is 583. The first-order chi connectivity index (χ1) is 10.4. The van der Waals surface area contributed by atoms with E-state index in [1.807, 2.05) is 18.2 Å². The van der Waals surface area contributed by atoms with E-state index in [1.54, 1.807) is 0 Å². The second-order valence-electron chi connectivity index (χ2n) is 5.20. The third-order valence-electron chi connectivity index (χ3n) is 3.72. The van der Waals surface area contributed by atoms with Gasteiger partial charge in [0.2, 0.25) is 0 Å². The Morgan fingerprint density at radius 3 is 2.86 bits per heavy atom. The predicted molar refractivity (Wildman–Crippen MR) is 84.0 cm³/mol. The highest BCUT2D eigenvalue weighted by Crippen LogP contribution is 2.35. The lowest BCUT2D eigenvalue weighted by Crippen LogP contribution is -2.21. The molecule has 1 atom stereocenters. The van der Waals surface area contributed by atoms with E-state index >= 15 is 0 Å². The summed E-state index contributed by atoms with van der Waals surface area (Å²) in [6, 6.07) is 16.8. The molecule has 1 heterocycles. The third-order valence-corrected chi connectivity index (χ3v) is 3.72. The van der Waals surface area contributed by atoms with Gasteiger partial charge in [0.15, 0.2) is 0 Å². The minimum Gasteiger partial charge on any atom is -0.493 e. The van der Waals surface area contributed by atoms with E-state index in [4.69, 9.17) is 9.47 Å². The van der Waals surface area contributed by atoms with Gasteiger partial charge < -0.3 is 14.8 Å². The topological polar surface area (TPSA) is 30.5 Å². The SMILES string of the molecule is CCNC1COc2cc(OCCc3ccccc3)ccc21. The highest BCUT2D eigenvalue weighted by Gasteiger charge is 2.23. The zero-order valence-electron chi connectivity index (χ0n) is 12.3. The van der Waals surface area contributed by atoms with Crippen molar-refractivity contribution in [1.82, 2.24) is 5.32 Å². The molecule has 21 heavy (non-hydrogen) atoms. The van der Waals surface area contributed by atoms with Gasteiger partial charge in [0.25, 0.3) is 0 Å². The zero-order valence-corrected chi connectivity index (χ0v) is 12.3. The number of ether oxygens (including phenoxy) is 2. The minimum absolute atomic E-state index is 0.309. The molecule has 0 aliphatic carbocycles. The lowest BCUT2D eigenvalue weighted by Gasteiger charge is -2.10. The van der Waals surface area contributed by atoms with E-state index in [0.717, 1.165) is 24.5 Å². The van der Waals surface area contributed by atoms with Gasteiger partial charge in [0.05, 0.1) is 12.6 Å². The molecule has 1 aliphatic rings. The normalized spacial score (nSPS) is 16.3. The summed E-state index contributed by atoms with van der Waals surface area (Å²) in [4.78, 5) is 0. The van der Waals surface area contributed by atoms with Crippen molar-refractivity contribution in [3.63, 3.8) is 0 Å². The van der Waals surface area contributed by atoms with Crippen LogP contribution in [0.1, 0.15) is 24.1 Å². The van der Waals surface area contributed by atoms with Crippen molar-refractivity contribution in [1.29, 1.82) is 0 Å². The van der Waals surface area contributed by atoms with E-state index in [0.29, 0.717) is 19.3 Å². The fourth-order valence-corrected chi connectivity index (χ4v) is 2.63. The highest BCUT2D eigenvalue weighted by molar-refractivity contribution is 5.45. The number of nitrogens with one attached hydrogen (secondary N) is 1. The van der Waals surface area contributed by atoms with Gasteiger partial charge in [-0.1, -0.05) is 37.3 Å². The van der Waals surface area contributed by atoms with Gasteiger partial charge in [-0.3, -0.25) is 0 Å². The van der Waals surface area contributed by atoms with Crippen molar-refractivity contribution in [2.75, 3.05) is 19.8 Å². The van der Waals surface area contributed by atoms with Crippen molar-refractivity contribution in [3.05, 3.63) is 59.7 Å². The fourth-order valence-electron chi connectivity index (χ4n) is 2.63. The van der Waals surface area contributed by atoms with Crippen molar-refractivity contribution in [2.24, 2.45) is 0 Å². The molecule has 0 spiro atoms. The molecule has 3 heteroatoms. The van der Waals surface area contributed by atoms with Gasteiger partial charge in [0.1, 0.15) is 18.1 Å². The number of benzene rings is 2. The van der Waals surface area contributed by atoms with Crippen LogP contribution in [0.15, 0.2) is 48.5 Å². The second-order valence-corrected chi connectivity index (χ2v) is 5.20. The molecule has 3 nitrogen and oxygen atoms in total. The lowest BCUT2D eigenvalue weighted by atomic mass is 10.1. The zero-order chi connectivity index (χ0) is 14.5. The molecule has 0 saturated carbocycles. The summed E-state index contributed by atoms with van der Waals surface area (Å²) in [5, 5.41) is 3.42. The van der Waals surface area contributed by atoms with Gasteiger partial charge in [-0.15, -0.1) is 0 Å². The Labute approximate surface area is 125 Å². The average molecular weight is 283 g/mol. The van der Waals surface area contributed by atoms with Gasteiger partial charge in [-0.05, 0) is 24.2 Å². The van der Waals surface area contributed by atoms with E-state index in [9.17, 15) is 0 Å². The molecule has 0 radical (unpaired) electrons. The van der Waals surface area contributed by atoms with Crippen LogP contribution in [0.5, 0.6) is 11.5 Å². The van der Waals surface area contributed by atoms with Gasteiger partial charge in [-0.2, -0.15) is 0 Å². The van der Waals surface area contributed by atoms with Crippen LogP contribution in [0.3, 0.4) is 0 Å². The number of hydrogen-bond donors (Lipinski definition) is 1. The fraction of sp³-hybridized carbons (Fsp3) is 0.333. The van der Waals surface area contributed by atoms with Crippen LogP contribution in [0.2, 0.25) is 0 Å². The second kappa shape index (κ2) is 6.64. The summed E-state index contributed by atoms with van der Waals surface area (Å²) in [7, 11) is 0. The predicted octanol–water partition coefficient (Wildman–Crippen LogP) is 3.35. The van der Waals surface area contributed by atoms with Crippen LogP contribution in [0.4, 0.5) is 0 Å². The molecule has 2 aromatic rings. The Morgan fingerprint density at radius 1 is 1.19 bits per heavy atom. The van der Waals surface area contributed by atoms with E-state index in [2.05, 4.69) is 42.6 Å². The highest BCUT2D eigenvalue weighted by atomic mass is 16.5. The summed E-state index contributed by atoms with van der Waals surface area (Å²) in [5.41, 5.74) is 2.52. The summed E-state index contributed by atoms with van der Waals surface area (Å²) in [6.07, 6.45) is 0.915. The molecule has 110 valence electrons. The summed E-state index contributed by atoms with van der Waals surface area (Å²) in [6.45, 7) is 4.44. The van der Waals surface area contributed by atoms with Crippen LogP contribution in [0.25, 0.3) is 0 Å². The summed E-state index contributed by atoms with van der Waals surface area (Å²) in [5.74, 6) is 1.82. The van der Waals surface area contributed by atoms with Crippen molar-refractivity contribution < 1.29 is 9.47 Å². The molecule has 2 aromatic carbocycles. The number of rotatable bonds is 6. The van der Waals surface area contributed by atoms with Crippen LogP contribution in [0, 0.1) is 0 Å². The first-order valence-electron chi connectivity index (χ1n) is 7.53. The van der Waals surface area contributed by atoms with E-state index in [1.165, 1.54) is 11.1 Å². The smallest absolute Gasteiger partial charge is 0.127 e. The Morgan fingerprint density at radius 2 is 2.05 bits per heavy atom. The largest absolute Gasteiger partial charge is 0.493 e. The molecular formula is C18H21NO2. The maximum Gasteiger partial charge on any atom is 0.127 e. The Hall–Kier alpha value is -2.00. The van der Waals surface area contributed by atoms with Crippen molar-refractivity contribution in [2.45, 2.75) is 19.4 Å². The molecule has 1 unspecified atom stereocenters. The van der Waals surface area contributed by atoms with Crippen LogP contribution in [-0.4, -0.2) is 19.8 Å². The molecule has 0 amide bonds. The molecule has 0 fully saturated rings. The van der Waals surface area contributed by atoms with Crippen LogP contribution < -0.4 is 14.8 Å². The van der Waals surface area contributed by atoms with Crippen molar-refractivity contribution >= 4 is 0 Å². The standard InChI is InChI=1S/C18H21NO2/c1-2-19-17-13-21-18-12-15(8-9-16(17)18)20-11-10-14-6-4-3-5-7-14/h3-9,12,17,19H,2,10-11,13H2,1H3. The lowest BCUT2D eigenvalue weighted by molar-refractivity contribution is 0.305. The van der Waals surface area contributed by atoms with Crippen LogP contribution in [-0.2, 0) is 6.42 Å². The van der Waals surface area contributed by atoms with Gasteiger partial charge in [0, 0.05) is 18.1 Å². The molecule has 3 rings (SSSR count). The number of hydrogen-bond acceptors (Lipinski definition) is 3. The molecule has 0 bridgehead atoms. The Balaban J connectivity index is 1.58. The van der Waals surface area contributed by atoms with Crippen molar-refractivity contribution in [3.8, 4) is 11.5 Å². The van der Waals surface area contributed by atoms with Crippen LogP contribution >= 0.6 is 0 Å². The monoisotopic (exact) mass is 283 g/mol.